The van der Waals surface area contributed by atoms with E-state index in [-0.39, 0.29) is 16.9 Å². The van der Waals surface area contributed by atoms with Gasteiger partial charge in [0.25, 0.3) is 0 Å². The molecule has 0 saturated heterocycles. The summed E-state index contributed by atoms with van der Waals surface area (Å²) in [5, 5.41) is 0.153. The van der Waals surface area contributed by atoms with Crippen molar-refractivity contribution in [2.75, 3.05) is 0 Å². The van der Waals surface area contributed by atoms with Gasteiger partial charge in [-0.05, 0) is 41.7 Å². The SMILES string of the molecule is NNC(Cc1ccc(Cl)c(F)c1)C1Cc2ccccc21. The number of hydrogen-bond acceptors (Lipinski definition) is 2. The Labute approximate surface area is 122 Å². The number of benzene rings is 2. The zero-order chi connectivity index (χ0) is 14.1. The fourth-order valence-corrected chi connectivity index (χ4v) is 3.01. The first-order chi connectivity index (χ1) is 9.69. The van der Waals surface area contributed by atoms with Crippen molar-refractivity contribution in [3.05, 3.63) is 70.0 Å². The molecule has 20 heavy (non-hydrogen) atoms. The molecule has 1 aliphatic carbocycles. The third-order valence-corrected chi connectivity index (χ3v) is 4.34. The highest BCUT2D eigenvalue weighted by atomic mass is 35.5. The largest absolute Gasteiger partial charge is 0.271 e. The van der Waals surface area contributed by atoms with Gasteiger partial charge in [0, 0.05) is 12.0 Å². The van der Waals surface area contributed by atoms with Crippen molar-refractivity contribution in [1.29, 1.82) is 0 Å². The summed E-state index contributed by atoms with van der Waals surface area (Å²) >= 11 is 5.70. The van der Waals surface area contributed by atoms with Crippen LogP contribution in [0.2, 0.25) is 5.02 Å². The van der Waals surface area contributed by atoms with Crippen molar-refractivity contribution in [2.45, 2.75) is 24.8 Å². The second-order valence-electron chi connectivity index (χ2n) is 5.24. The lowest BCUT2D eigenvalue weighted by molar-refractivity contribution is 0.403. The molecule has 2 unspecified atom stereocenters. The third kappa shape index (κ3) is 2.44. The minimum absolute atomic E-state index is 0.102. The van der Waals surface area contributed by atoms with Crippen LogP contribution in [0.15, 0.2) is 42.5 Å². The van der Waals surface area contributed by atoms with E-state index in [1.54, 1.807) is 6.07 Å². The van der Waals surface area contributed by atoms with Gasteiger partial charge in [-0.3, -0.25) is 11.3 Å². The highest BCUT2D eigenvalue weighted by molar-refractivity contribution is 6.30. The second-order valence-corrected chi connectivity index (χ2v) is 5.64. The summed E-state index contributed by atoms with van der Waals surface area (Å²) in [6.45, 7) is 0. The van der Waals surface area contributed by atoms with Crippen molar-refractivity contribution in [3.8, 4) is 0 Å². The maximum atomic E-state index is 13.5. The van der Waals surface area contributed by atoms with Crippen LogP contribution in [0.3, 0.4) is 0 Å². The first-order valence-corrected chi connectivity index (χ1v) is 7.04. The van der Waals surface area contributed by atoms with Crippen LogP contribution < -0.4 is 11.3 Å². The Morgan fingerprint density at radius 1 is 1.30 bits per heavy atom. The number of fused-ring (bicyclic) bond motifs is 1. The molecule has 2 atom stereocenters. The molecule has 0 spiro atoms. The molecule has 0 fully saturated rings. The van der Waals surface area contributed by atoms with Gasteiger partial charge in [-0.25, -0.2) is 4.39 Å². The molecular weight excluding hydrogens is 275 g/mol. The van der Waals surface area contributed by atoms with Crippen molar-refractivity contribution in [1.82, 2.24) is 5.43 Å². The van der Waals surface area contributed by atoms with Gasteiger partial charge < -0.3 is 0 Å². The molecule has 0 heterocycles. The van der Waals surface area contributed by atoms with E-state index in [4.69, 9.17) is 17.4 Å². The Kier molecular flexibility index (Phi) is 3.74. The number of halogens is 2. The van der Waals surface area contributed by atoms with Gasteiger partial charge >= 0.3 is 0 Å². The van der Waals surface area contributed by atoms with Crippen LogP contribution in [0.5, 0.6) is 0 Å². The van der Waals surface area contributed by atoms with Gasteiger partial charge in [-0.1, -0.05) is 41.9 Å². The Morgan fingerprint density at radius 2 is 2.10 bits per heavy atom. The van der Waals surface area contributed by atoms with Crippen LogP contribution in [-0.4, -0.2) is 6.04 Å². The van der Waals surface area contributed by atoms with Crippen LogP contribution in [0, 0.1) is 5.82 Å². The highest BCUT2D eigenvalue weighted by Gasteiger charge is 2.32. The van der Waals surface area contributed by atoms with E-state index >= 15 is 0 Å². The minimum atomic E-state index is -0.381. The lowest BCUT2D eigenvalue weighted by Gasteiger charge is -2.36. The second kappa shape index (κ2) is 5.52. The van der Waals surface area contributed by atoms with Gasteiger partial charge in [0.05, 0.1) is 5.02 Å². The highest BCUT2D eigenvalue weighted by Crippen LogP contribution is 2.38. The van der Waals surface area contributed by atoms with Crippen molar-refractivity contribution < 1.29 is 4.39 Å². The van der Waals surface area contributed by atoms with E-state index in [1.165, 1.54) is 17.2 Å². The molecule has 0 saturated carbocycles. The van der Waals surface area contributed by atoms with Crippen LogP contribution in [0.25, 0.3) is 0 Å². The Balaban J connectivity index is 1.77. The van der Waals surface area contributed by atoms with Crippen LogP contribution in [-0.2, 0) is 12.8 Å². The quantitative estimate of drug-likeness (QED) is 0.670. The van der Waals surface area contributed by atoms with Gasteiger partial charge in [-0.2, -0.15) is 0 Å². The molecule has 4 heteroatoms. The minimum Gasteiger partial charge on any atom is -0.271 e. The topological polar surface area (TPSA) is 38.0 Å². The normalized spacial score (nSPS) is 18.2. The molecule has 0 aliphatic heterocycles. The summed E-state index contributed by atoms with van der Waals surface area (Å²) in [7, 11) is 0. The molecular formula is C16H16ClFN2. The zero-order valence-corrected chi connectivity index (χ0v) is 11.7. The van der Waals surface area contributed by atoms with Crippen molar-refractivity contribution in [3.63, 3.8) is 0 Å². The summed E-state index contributed by atoms with van der Waals surface area (Å²) < 4.78 is 13.5. The molecule has 2 aromatic rings. The first-order valence-electron chi connectivity index (χ1n) is 6.67. The van der Waals surface area contributed by atoms with E-state index in [0.717, 1.165) is 12.0 Å². The van der Waals surface area contributed by atoms with E-state index in [1.807, 2.05) is 12.1 Å². The summed E-state index contributed by atoms with van der Waals surface area (Å²) in [5.74, 6) is 5.69. The molecule has 3 N–H and O–H groups in total. The number of rotatable bonds is 4. The maximum Gasteiger partial charge on any atom is 0.142 e. The van der Waals surface area contributed by atoms with Crippen molar-refractivity contribution >= 4 is 11.6 Å². The number of hydrogen-bond donors (Lipinski definition) is 2. The maximum absolute atomic E-state index is 13.5. The summed E-state index contributed by atoms with van der Waals surface area (Å²) in [6, 6.07) is 13.4. The Morgan fingerprint density at radius 3 is 2.80 bits per heavy atom. The molecule has 0 bridgehead atoms. The molecule has 2 aromatic carbocycles. The smallest absolute Gasteiger partial charge is 0.142 e. The van der Waals surface area contributed by atoms with Gasteiger partial charge in [0.15, 0.2) is 0 Å². The predicted molar refractivity (Wildman–Crippen MR) is 79.1 cm³/mol. The summed E-state index contributed by atoms with van der Waals surface area (Å²) in [5.41, 5.74) is 6.49. The van der Waals surface area contributed by atoms with E-state index in [2.05, 4.69) is 23.6 Å². The van der Waals surface area contributed by atoms with Gasteiger partial charge in [-0.15, -0.1) is 0 Å². The van der Waals surface area contributed by atoms with Crippen molar-refractivity contribution in [2.24, 2.45) is 5.84 Å². The van der Waals surface area contributed by atoms with E-state index < -0.39 is 0 Å². The Bertz CT molecular complexity index is 630. The number of hydrazine groups is 1. The summed E-state index contributed by atoms with van der Waals surface area (Å²) in [6.07, 6.45) is 1.70. The lowest BCUT2D eigenvalue weighted by atomic mass is 9.72. The summed E-state index contributed by atoms with van der Waals surface area (Å²) in [4.78, 5) is 0. The molecule has 0 amide bonds. The number of nitrogens with one attached hydrogen (secondary N) is 1. The fraction of sp³-hybridized carbons (Fsp3) is 0.250. The van der Waals surface area contributed by atoms with Crippen LogP contribution >= 0.6 is 11.6 Å². The molecule has 2 nitrogen and oxygen atoms in total. The number of nitrogens with two attached hydrogens (primary N) is 1. The monoisotopic (exact) mass is 290 g/mol. The molecule has 104 valence electrons. The first kappa shape index (κ1) is 13.6. The third-order valence-electron chi connectivity index (χ3n) is 4.03. The van der Waals surface area contributed by atoms with E-state index in [9.17, 15) is 4.39 Å². The van der Waals surface area contributed by atoms with Gasteiger partial charge in [0.1, 0.15) is 5.82 Å². The average molecular weight is 291 g/mol. The fourth-order valence-electron chi connectivity index (χ4n) is 2.89. The van der Waals surface area contributed by atoms with Crippen LogP contribution in [0.1, 0.15) is 22.6 Å². The zero-order valence-electron chi connectivity index (χ0n) is 10.9. The predicted octanol–water partition coefficient (Wildman–Crippen LogP) is 3.19. The molecule has 3 rings (SSSR count). The molecule has 0 aromatic heterocycles. The Hall–Kier alpha value is -1.42. The van der Waals surface area contributed by atoms with Gasteiger partial charge in [0.2, 0.25) is 0 Å². The van der Waals surface area contributed by atoms with E-state index in [0.29, 0.717) is 12.3 Å². The lowest BCUT2D eigenvalue weighted by Crippen LogP contribution is -2.45. The molecule has 1 aliphatic rings. The average Bonchev–Trinajstić information content (AvgIpc) is 2.43. The van der Waals surface area contributed by atoms with Crippen LogP contribution in [0.4, 0.5) is 4.39 Å². The molecule has 0 radical (unpaired) electrons. The standard InChI is InChI=1S/C16H16ClFN2/c17-14-6-5-10(7-15(14)18)8-16(20-19)13-9-11-3-1-2-4-12(11)13/h1-7,13,16,20H,8-9,19H2.